The van der Waals surface area contributed by atoms with E-state index in [9.17, 15) is 14.0 Å². The van der Waals surface area contributed by atoms with Crippen molar-refractivity contribution in [2.75, 3.05) is 0 Å². The Labute approximate surface area is 138 Å². The van der Waals surface area contributed by atoms with Crippen molar-refractivity contribution < 1.29 is 18.7 Å². The van der Waals surface area contributed by atoms with Crippen molar-refractivity contribution >= 4 is 25.2 Å². The summed E-state index contributed by atoms with van der Waals surface area (Å²) in [6.07, 6.45) is -0.645. The number of amides is 3. The molecule has 1 saturated heterocycles. The fourth-order valence-electron chi connectivity index (χ4n) is 3.30. The molecule has 0 aromatic heterocycles. The third kappa shape index (κ3) is 2.08. The van der Waals surface area contributed by atoms with Gasteiger partial charge in [0.05, 0.1) is 0 Å². The summed E-state index contributed by atoms with van der Waals surface area (Å²) >= 11 is 0. The molecule has 4 rings (SSSR count). The molecule has 2 aromatic rings. The van der Waals surface area contributed by atoms with Crippen molar-refractivity contribution in [2.24, 2.45) is 0 Å². The molecular weight excluding hydrogens is 310 g/mol. The van der Waals surface area contributed by atoms with Gasteiger partial charge in [0.2, 0.25) is 0 Å². The lowest BCUT2D eigenvalue weighted by molar-refractivity contribution is -0.126. The van der Waals surface area contributed by atoms with Gasteiger partial charge in [-0.1, -0.05) is 35.8 Å². The van der Waals surface area contributed by atoms with E-state index in [1.807, 2.05) is 0 Å². The molecule has 7 heteroatoms. The third-order valence-corrected chi connectivity index (χ3v) is 4.42. The molecular formula is C17H12BFN2O3. The molecule has 2 atom stereocenters. The molecule has 2 aliphatic heterocycles. The summed E-state index contributed by atoms with van der Waals surface area (Å²) in [4.78, 5) is 24.3. The number of benzene rings is 2. The first-order chi connectivity index (χ1) is 11.5. The van der Waals surface area contributed by atoms with Crippen LogP contribution in [0.15, 0.2) is 42.5 Å². The largest absolute Gasteiger partial charge is 0.485 e. The highest BCUT2D eigenvalue weighted by molar-refractivity contribution is 6.32. The minimum Gasteiger partial charge on any atom is -0.485 e. The fraction of sp³-hybridized carbons (Fsp3) is 0.176. The molecule has 2 aliphatic rings. The monoisotopic (exact) mass is 322 g/mol. The van der Waals surface area contributed by atoms with E-state index in [4.69, 9.17) is 12.6 Å². The molecule has 1 spiro atoms. The van der Waals surface area contributed by atoms with Gasteiger partial charge in [-0.25, -0.2) is 9.18 Å². The van der Waals surface area contributed by atoms with Crippen molar-refractivity contribution in [2.45, 2.75) is 18.1 Å². The van der Waals surface area contributed by atoms with Gasteiger partial charge in [0.1, 0.15) is 25.5 Å². The van der Waals surface area contributed by atoms with Gasteiger partial charge in [-0.15, -0.1) is 0 Å². The molecule has 118 valence electrons. The van der Waals surface area contributed by atoms with Crippen LogP contribution in [-0.4, -0.2) is 19.8 Å². The Balaban J connectivity index is 1.87. The number of fused-ring (bicyclic) bond motifs is 2. The third-order valence-electron chi connectivity index (χ3n) is 4.42. The predicted octanol–water partition coefficient (Wildman–Crippen LogP) is 1.18. The van der Waals surface area contributed by atoms with E-state index in [0.717, 1.165) is 0 Å². The quantitative estimate of drug-likeness (QED) is 0.612. The number of carbonyl (C=O) groups excluding carboxylic acids is 2. The molecule has 0 saturated carbocycles. The Hall–Kier alpha value is -2.83. The highest BCUT2D eigenvalue weighted by Gasteiger charge is 2.53. The molecule has 5 nitrogen and oxygen atoms in total. The Kier molecular flexibility index (Phi) is 3.13. The van der Waals surface area contributed by atoms with Gasteiger partial charge in [0, 0.05) is 17.5 Å². The zero-order valence-corrected chi connectivity index (χ0v) is 12.5. The molecule has 1 fully saturated rings. The van der Waals surface area contributed by atoms with E-state index in [0.29, 0.717) is 22.3 Å². The zero-order chi connectivity index (χ0) is 16.9. The van der Waals surface area contributed by atoms with Gasteiger partial charge >= 0.3 is 6.03 Å². The number of ether oxygens (including phenoxy) is 1. The molecule has 3 amide bonds. The van der Waals surface area contributed by atoms with Gasteiger partial charge in [-0.2, -0.15) is 0 Å². The van der Waals surface area contributed by atoms with E-state index in [1.54, 1.807) is 36.4 Å². The number of nitrogens with one attached hydrogen (secondary N) is 2. The van der Waals surface area contributed by atoms with Crippen molar-refractivity contribution in [1.29, 1.82) is 0 Å². The minimum absolute atomic E-state index is 0.0714. The number of imide groups is 1. The fourth-order valence-corrected chi connectivity index (χ4v) is 3.30. The maximum Gasteiger partial charge on any atom is 0.322 e. The van der Waals surface area contributed by atoms with E-state index in [1.165, 1.54) is 6.07 Å². The highest BCUT2D eigenvalue weighted by atomic mass is 19.1. The van der Waals surface area contributed by atoms with Crippen LogP contribution in [0.4, 0.5) is 9.18 Å². The summed E-state index contributed by atoms with van der Waals surface area (Å²) in [7, 11) is 5.82. The normalized spacial score (nSPS) is 25.0. The lowest BCUT2D eigenvalue weighted by Gasteiger charge is -2.38. The summed E-state index contributed by atoms with van der Waals surface area (Å²) in [5.74, 6) is -0.536. The Morgan fingerprint density at radius 1 is 1.21 bits per heavy atom. The zero-order valence-electron chi connectivity index (χ0n) is 12.5. The molecule has 0 bridgehead atoms. The maximum atomic E-state index is 14.2. The summed E-state index contributed by atoms with van der Waals surface area (Å²) in [5, 5.41) is 4.91. The number of hydrogen-bond donors (Lipinski definition) is 2. The first-order valence-electron chi connectivity index (χ1n) is 7.44. The molecule has 24 heavy (non-hydrogen) atoms. The van der Waals surface area contributed by atoms with Crippen LogP contribution in [0.3, 0.4) is 0 Å². The average Bonchev–Trinajstić information content (AvgIpc) is 2.82. The molecule has 2 radical (unpaired) electrons. The van der Waals surface area contributed by atoms with Crippen molar-refractivity contribution in [1.82, 2.24) is 10.6 Å². The first-order valence-corrected chi connectivity index (χ1v) is 7.44. The Bertz CT molecular complexity index is 873. The van der Waals surface area contributed by atoms with E-state index < -0.39 is 29.4 Å². The van der Waals surface area contributed by atoms with Crippen LogP contribution in [0.2, 0.25) is 0 Å². The minimum atomic E-state index is -1.33. The van der Waals surface area contributed by atoms with Crippen LogP contribution in [0.5, 0.6) is 5.75 Å². The highest BCUT2D eigenvalue weighted by Crippen LogP contribution is 2.45. The molecule has 2 N–H and O–H groups in total. The average molecular weight is 322 g/mol. The Morgan fingerprint density at radius 2 is 2.00 bits per heavy atom. The number of hydrogen-bond acceptors (Lipinski definition) is 3. The SMILES string of the molecule is [B]c1ccc2c(c1)C1(CC(c3ccccc3F)O2)NC(=O)NC1=O. The maximum absolute atomic E-state index is 14.2. The predicted molar refractivity (Wildman–Crippen MR) is 84.6 cm³/mol. The van der Waals surface area contributed by atoms with Gasteiger partial charge in [0.15, 0.2) is 5.54 Å². The van der Waals surface area contributed by atoms with E-state index in [-0.39, 0.29) is 6.42 Å². The molecule has 2 heterocycles. The number of urea groups is 1. The second-order valence-corrected chi connectivity index (χ2v) is 5.90. The van der Waals surface area contributed by atoms with Gasteiger partial charge in [-0.05, 0) is 12.1 Å². The smallest absolute Gasteiger partial charge is 0.322 e. The lowest BCUT2D eigenvalue weighted by atomic mass is 9.78. The van der Waals surface area contributed by atoms with Crippen molar-refractivity contribution in [3.63, 3.8) is 0 Å². The summed E-state index contributed by atoms with van der Waals surface area (Å²) < 4.78 is 20.1. The summed E-state index contributed by atoms with van der Waals surface area (Å²) in [6.45, 7) is 0. The van der Waals surface area contributed by atoms with Crippen LogP contribution < -0.4 is 20.8 Å². The topological polar surface area (TPSA) is 67.4 Å². The van der Waals surface area contributed by atoms with E-state index in [2.05, 4.69) is 10.6 Å². The second-order valence-electron chi connectivity index (χ2n) is 5.90. The summed E-state index contributed by atoms with van der Waals surface area (Å²) in [5.41, 5.74) is -0.0887. The van der Waals surface area contributed by atoms with Gasteiger partial charge < -0.3 is 10.1 Å². The molecule has 2 unspecified atom stereocenters. The molecule has 2 aromatic carbocycles. The number of carbonyl (C=O) groups is 2. The first kappa shape index (κ1) is 14.7. The van der Waals surface area contributed by atoms with Gasteiger partial charge in [0.25, 0.3) is 5.91 Å². The summed E-state index contributed by atoms with van der Waals surface area (Å²) in [6, 6.07) is 10.5. The van der Waals surface area contributed by atoms with Crippen LogP contribution in [0.1, 0.15) is 23.7 Å². The van der Waals surface area contributed by atoms with Crippen molar-refractivity contribution in [3.8, 4) is 5.75 Å². The van der Waals surface area contributed by atoms with Crippen LogP contribution in [0.25, 0.3) is 0 Å². The Morgan fingerprint density at radius 3 is 2.71 bits per heavy atom. The van der Waals surface area contributed by atoms with Gasteiger partial charge in [-0.3, -0.25) is 10.1 Å². The lowest BCUT2D eigenvalue weighted by Crippen LogP contribution is -2.48. The van der Waals surface area contributed by atoms with Crippen LogP contribution in [0, 0.1) is 5.82 Å². The number of halogens is 1. The second kappa shape index (κ2) is 5.09. The standard InChI is InChI=1S/C17H12BFN2O3/c18-9-5-6-13-11(7-9)17(15(22)20-16(23)21-17)8-14(24-13)10-3-1-2-4-12(10)19/h1-7,14H,8H2,(H2,20,21,22,23). The number of rotatable bonds is 1. The van der Waals surface area contributed by atoms with Crippen LogP contribution >= 0.6 is 0 Å². The molecule has 0 aliphatic carbocycles. The van der Waals surface area contributed by atoms with Crippen LogP contribution in [-0.2, 0) is 10.3 Å². The van der Waals surface area contributed by atoms with E-state index >= 15 is 0 Å². The van der Waals surface area contributed by atoms with Crippen molar-refractivity contribution in [3.05, 3.63) is 59.4 Å².